The van der Waals surface area contributed by atoms with Gasteiger partial charge >= 0.3 is 0 Å². The van der Waals surface area contributed by atoms with Gasteiger partial charge < -0.3 is 10.1 Å². The van der Waals surface area contributed by atoms with Crippen LogP contribution in [0.3, 0.4) is 0 Å². The summed E-state index contributed by atoms with van der Waals surface area (Å²) in [7, 11) is 0. The zero-order valence-corrected chi connectivity index (χ0v) is 10.1. The second-order valence-corrected chi connectivity index (χ2v) is 4.63. The maximum atomic E-state index is 5.31. The van der Waals surface area contributed by atoms with Gasteiger partial charge in [0, 0.05) is 17.9 Å². The van der Waals surface area contributed by atoms with Gasteiger partial charge in [-0.15, -0.1) is 0 Å². The van der Waals surface area contributed by atoms with Crippen LogP contribution in [0.25, 0.3) is 0 Å². The molecule has 0 aromatic heterocycles. The fourth-order valence-electron chi connectivity index (χ4n) is 1.00. The monoisotopic (exact) mass is 205 g/mol. The molecule has 0 saturated carbocycles. The standard InChI is InChI=1S/C10H23NOS/c1-5-12-8-9(2)11-7-6-10(3)13-4/h9-11H,5-8H2,1-4H3. The Balaban J connectivity index is 3.21. The average molecular weight is 205 g/mol. The maximum absolute atomic E-state index is 5.31. The predicted octanol–water partition coefficient (Wildman–Crippen LogP) is 2.14. The van der Waals surface area contributed by atoms with Crippen molar-refractivity contribution < 1.29 is 4.74 Å². The highest BCUT2D eigenvalue weighted by molar-refractivity contribution is 7.99. The normalized spacial score (nSPS) is 15.7. The summed E-state index contributed by atoms with van der Waals surface area (Å²) >= 11 is 1.92. The Labute approximate surface area is 86.8 Å². The summed E-state index contributed by atoms with van der Waals surface area (Å²) in [6.07, 6.45) is 3.39. The Bertz CT molecular complexity index is 111. The Hall–Kier alpha value is 0.270. The van der Waals surface area contributed by atoms with Crippen LogP contribution >= 0.6 is 11.8 Å². The van der Waals surface area contributed by atoms with E-state index in [1.54, 1.807) is 0 Å². The Morgan fingerprint density at radius 1 is 1.38 bits per heavy atom. The van der Waals surface area contributed by atoms with Gasteiger partial charge in [-0.2, -0.15) is 11.8 Å². The van der Waals surface area contributed by atoms with Gasteiger partial charge in [0.25, 0.3) is 0 Å². The van der Waals surface area contributed by atoms with Gasteiger partial charge in [-0.1, -0.05) is 6.92 Å². The van der Waals surface area contributed by atoms with Crippen molar-refractivity contribution in [3.63, 3.8) is 0 Å². The summed E-state index contributed by atoms with van der Waals surface area (Å²) in [5.41, 5.74) is 0. The highest BCUT2D eigenvalue weighted by atomic mass is 32.2. The largest absolute Gasteiger partial charge is 0.380 e. The van der Waals surface area contributed by atoms with Gasteiger partial charge in [0.2, 0.25) is 0 Å². The van der Waals surface area contributed by atoms with Gasteiger partial charge in [0.15, 0.2) is 0 Å². The lowest BCUT2D eigenvalue weighted by Crippen LogP contribution is -2.32. The summed E-state index contributed by atoms with van der Waals surface area (Å²) < 4.78 is 5.31. The van der Waals surface area contributed by atoms with Crippen molar-refractivity contribution in [1.29, 1.82) is 0 Å². The molecule has 0 aromatic carbocycles. The molecule has 2 atom stereocenters. The van der Waals surface area contributed by atoms with Crippen LogP contribution < -0.4 is 5.32 Å². The number of ether oxygens (including phenoxy) is 1. The molecule has 1 N–H and O–H groups in total. The molecule has 0 heterocycles. The lowest BCUT2D eigenvalue weighted by molar-refractivity contribution is 0.127. The molecule has 80 valence electrons. The molecule has 0 aliphatic rings. The van der Waals surface area contributed by atoms with E-state index in [4.69, 9.17) is 4.74 Å². The van der Waals surface area contributed by atoms with E-state index in [0.717, 1.165) is 25.0 Å². The molecule has 0 bridgehead atoms. The summed E-state index contributed by atoms with van der Waals surface area (Å²) in [6.45, 7) is 9.19. The molecule has 0 saturated heterocycles. The zero-order valence-electron chi connectivity index (χ0n) is 9.30. The molecule has 2 nitrogen and oxygen atoms in total. The van der Waals surface area contributed by atoms with E-state index < -0.39 is 0 Å². The Morgan fingerprint density at radius 2 is 2.08 bits per heavy atom. The van der Waals surface area contributed by atoms with Crippen molar-refractivity contribution in [3.05, 3.63) is 0 Å². The second-order valence-electron chi connectivity index (χ2n) is 3.35. The lowest BCUT2D eigenvalue weighted by Gasteiger charge is -2.15. The van der Waals surface area contributed by atoms with Gasteiger partial charge in [0.1, 0.15) is 0 Å². The second kappa shape index (κ2) is 8.85. The maximum Gasteiger partial charge on any atom is 0.0616 e. The van der Waals surface area contributed by atoms with Gasteiger partial charge in [0.05, 0.1) is 6.61 Å². The molecule has 0 amide bonds. The third-order valence-electron chi connectivity index (χ3n) is 2.02. The van der Waals surface area contributed by atoms with Crippen molar-refractivity contribution >= 4 is 11.8 Å². The third kappa shape index (κ3) is 8.60. The van der Waals surface area contributed by atoms with Crippen LogP contribution in [0.4, 0.5) is 0 Å². The van der Waals surface area contributed by atoms with E-state index >= 15 is 0 Å². The first-order valence-corrected chi connectivity index (χ1v) is 6.33. The van der Waals surface area contributed by atoms with E-state index in [1.807, 2.05) is 18.7 Å². The van der Waals surface area contributed by atoms with E-state index in [1.165, 1.54) is 6.42 Å². The molecule has 0 radical (unpaired) electrons. The molecular formula is C10H23NOS. The molecular weight excluding hydrogens is 182 g/mol. The van der Waals surface area contributed by atoms with E-state index in [-0.39, 0.29) is 0 Å². The van der Waals surface area contributed by atoms with E-state index in [9.17, 15) is 0 Å². The summed E-state index contributed by atoms with van der Waals surface area (Å²) in [5.74, 6) is 0. The fraction of sp³-hybridized carbons (Fsp3) is 1.00. The molecule has 0 spiro atoms. The van der Waals surface area contributed by atoms with Gasteiger partial charge in [-0.05, 0) is 33.1 Å². The molecule has 3 heteroatoms. The SMILES string of the molecule is CCOCC(C)NCCC(C)SC. The van der Waals surface area contributed by atoms with Crippen molar-refractivity contribution in [2.45, 2.75) is 38.5 Å². The first-order valence-electron chi connectivity index (χ1n) is 5.04. The number of hydrogen-bond acceptors (Lipinski definition) is 3. The van der Waals surface area contributed by atoms with Crippen LogP contribution in [0.1, 0.15) is 27.2 Å². The van der Waals surface area contributed by atoms with Crippen LogP contribution in [0.15, 0.2) is 0 Å². The third-order valence-corrected chi connectivity index (χ3v) is 3.06. The number of rotatable bonds is 8. The minimum Gasteiger partial charge on any atom is -0.380 e. The Kier molecular flexibility index (Phi) is 9.03. The van der Waals surface area contributed by atoms with Crippen LogP contribution in [0.5, 0.6) is 0 Å². The number of nitrogens with one attached hydrogen (secondary N) is 1. The molecule has 0 aromatic rings. The molecule has 13 heavy (non-hydrogen) atoms. The first kappa shape index (κ1) is 13.3. The number of thioether (sulfide) groups is 1. The summed E-state index contributed by atoms with van der Waals surface area (Å²) in [5, 5.41) is 4.20. The van der Waals surface area contributed by atoms with Crippen LogP contribution in [-0.2, 0) is 4.74 Å². The Morgan fingerprint density at radius 3 is 2.62 bits per heavy atom. The molecule has 0 aliphatic heterocycles. The van der Waals surface area contributed by atoms with Crippen molar-refractivity contribution in [1.82, 2.24) is 5.32 Å². The van der Waals surface area contributed by atoms with Crippen LogP contribution in [0, 0.1) is 0 Å². The van der Waals surface area contributed by atoms with Crippen LogP contribution in [-0.4, -0.2) is 37.3 Å². The molecule has 0 rings (SSSR count). The number of hydrogen-bond donors (Lipinski definition) is 1. The van der Waals surface area contributed by atoms with Gasteiger partial charge in [-0.25, -0.2) is 0 Å². The molecule has 2 unspecified atom stereocenters. The minimum atomic E-state index is 0.481. The molecule has 0 fully saturated rings. The lowest BCUT2D eigenvalue weighted by atomic mass is 10.3. The molecule has 0 aliphatic carbocycles. The fourth-order valence-corrected chi connectivity index (χ4v) is 1.36. The van der Waals surface area contributed by atoms with Crippen molar-refractivity contribution in [3.8, 4) is 0 Å². The topological polar surface area (TPSA) is 21.3 Å². The van der Waals surface area contributed by atoms with E-state index in [0.29, 0.717) is 6.04 Å². The van der Waals surface area contributed by atoms with Crippen molar-refractivity contribution in [2.24, 2.45) is 0 Å². The smallest absolute Gasteiger partial charge is 0.0616 e. The minimum absolute atomic E-state index is 0.481. The van der Waals surface area contributed by atoms with Crippen molar-refractivity contribution in [2.75, 3.05) is 26.0 Å². The summed E-state index contributed by atoms with van der Waals surface area (Å²) in [4.78, 5) is 0. The highest BCUT2D eigenvalue weighted by Crippen LogP contribution is 2.07. The quantitative estimate of drug-likeness (QED) is 0.656. The average Bonchev–Trinajstić information content (AvgIpc) is 2.14. The highest BCUT2D eigenvalue weighted by Gasteiger charge is 2.02. The first-order chi connectivity index (χ1) is 6.20. The van der Waals surface area contributed by atoms with Gasteiger partial charge in [-0.3, -0.25) is 0 Å². The summed E-state index contributed by atoms with van der Waals surface area (Å²) in [6, 6.07) is 0.481. The van der Waals surface area contributed by atoms with E-state index in [2.05, 4.69) is 25.4 Å². The predicted molar refractivity (Wildman–Crippen MR) is 61.6 cm³/mol. The zero-order chi connectivity index (χ0) is 10.1. The van der Waals surface area contributed by atoms with Crippen LogP contribution in [0.2, 0.25) is 0 Å².